The second-order valence-electron chi connectivity index (χ2n) is 6.20. The summed E-state index contributed by atoms with van der Waals surface area (Å²) in [6.45, 7) is 1.07. The van der Waals surface area contributed by atoms with Crippen LogP contribution in [0.15, 0.2) is 24.4 Å². The summed E-state index contributed by atoms with van der Waals surface area (Å²) in [6.07, 6.45) is 3.67. The number of benzene rings is 1. The Balaban J connectivity index is 1.64. The standard InChI is InChI=1S/C16H15N5O2S/c1-24(22,23)21-8-11(9-21)5-15-19-14-7-18-13-3-2-10(6-17)4-12(13)16(14)20-15/h2-4,7,11H,5,8-9H2,1H3,(H,19,20). The predicted octanol–water partition coefficient (Wildman–Crippen LogP) is 1.42. The van der Waals surface area contributed by atoms with E-state index in [0.717, 1.165) is 27.8 Å². The van der Waals surface area contributed by atoms with Crippen LogP contribution in [0.25, 0.3) is 21.9 Å². The van der Waals surface area contributed by atoms with Crippen LogP contribution in [0.2, 0.25) is 0 Å². The summed E-state index contributed by atoms with van der Waals surface area (Å²) in [4.78, 5) is 12.3. The first kappa shape index (κ1) is 15.1. The Bertz CT molecular complexity index is 1090. The van der Waals surface area contributed by atoms with Crippen LogP contribution in [0.3, 0.4) is 0 Å². The molecular formula is C16H15N5O2S. The van der Waals surface area contributed by atoms with Crippen LogP contribution in [0.4, 0.5) is 0 Å². The van der Waals surface area contributed by atoms with E-state index in [1.54, 1.807) is 18.3 Å². The minimum atomic E-state index is -3.09. The Hall–Kier alpha value is -2.50. The lowest BCUT2D eigenvalue weighted by Crippen LogP contribution is -2.50. The topological polar surface area (TPSA) is 103 Å². The number of rotatable bonds is 3. The van der Waals surface area contributed by atoms with Gasteiger partial charge in [-0.1, -0.05) is 0 Å². The number of imidazole rings is 1. The van der Waals surface area contributed by atoms with Gasteiger partial charge in [-0.2, -0.15) is 5.26 Å². The highest BCUT2D eigenvalue weighted by atomic mass is 32.2. The minimum Gasteiger partial charge on any atom is -0.341 e. The van der Waals surface area contributed by atoms with Crippen molar-refractivity contribution in [2.24, 2.45) is 5.92 Å². The van der Waals surface area contributed by atoms with Gasteiger partial charge in [0, 0.05) is 24.9 Å². The first-order chi connectivity index (χ1) is 11.4. The molecule has 0 unspecified atom stereocenters. The van der Waals surface area contributed by atoms with Crippen molar-refractivity contribution in [2.75, 3.05) is 19.3 Å². The van der Waals surface area contributed by atoms with Crippen molar-refractivity contribution >= 4 is 32.0 Å². The van der Waals surface area contributed by atoms with Gasteiger partial charge in [0.1, 0.15) is 5.82 Å². The molecule has 0 aliphatic carbocycles. The molecule has 1 N–H and O–H groups in total. The summed E-state index contributed by atoms with van der Waals surface area (Å²) >= 11 is 0. The van der Waals surface area contributed by atoms with E-state index in [9.17, 15) is 8.42 Å². The molecule has 1 saturated heterocycles. The fourth-order valence-electron chi connectivity index (χ4n) is 3.07. The summed E-state index contributed by atoms with van der Waals surface area (Å²) in [5, 5.41) is 9.92. The van der Waals surface area contributed by atoms with Crippen LogP contribution in [-0.2, 0) is 16.4 Å². The number of hydrogen-bond acceptors (Lipinski definition) is 5. The summed E-state index contributed by atoms with van der Waals surface area (Å²) in [5.41, 5.74) is 2.99. The van der Waals surface area contributed by atoms with Crippen molar-refractivity contribution in [3.8, 4) is 6.07 Å². The molecule has 3 heterocycles. The lowest BCUT2D eigenvalue weighted by atomic mass is 9.99. The number of nitrogens with one attached hydrogen (secondary N) is 1. The van der Waals surface area contributed by atoms with E-state index in [2.05, 4.69) is 21.0 Å². The van der Waals surface area contributed by atoms with Crippen LogP contribution >= 0.6 is 0 Å². The Labute approximate surface area is 139 Å². The number of nitriles is 1. The third kappa shape index (κ3) is 2.52. The Morgan fingerprint density at radius 2 is 2.21 bits per heavy atom. The summed E-state index contributed by atoms with van der Waals surface area (Å²) in [7, 11) is -3.09. The van der Waals surface area contributed by atoms with Crippen molar-refractivity contribution in [3.63, 3.8) is 0 Å². The van der Waals surface area contributed by atoms with E-state index in [4.69, 9.17) is 5.26 Å². The molecule has 0 bridgehead atoms. The SMILES string of the molecule is CS(=O)(=O)N1CC(Cc2nc3c(cnc4ccc(C#N)cc43)[nH]2)C1. The van der Waals surface area contributed by atoms with E-state index in [-0.39, 0.29) is 5.92 Å². The second kappa shape index (κ2) is 5.26. The molecule has 122 valence electrons. The van der Waals surface area contributed by atoms with Gasteiger partial charge in [0.05, 0.1) is 40.6 Å². The summed E-state index contributed by atoms with van der Waals surface area (Å²) in [6, 6.07) is 7.48. The van der Waals surface area contributed by atoms with E-state index in [0.29, 0.717) is 25.1 Å². The monoisotopic (exact) mass is 341 g/mol. The number of nitrogens with zero attached hydrogens (tertiary/aromatic N) is 4. The van der Waals surface area contributed by atoms with Crippen LogP contribution in [0.1, 0.15) is 11.4 Å². The quantitative estimate of drug-likeness (QED) is 0.776. The highest BCUT2D eigenvalue weighted by Gasteiger charge is 2.33. The number of aromatic nitrogens is 3. The Kier molecular flexibility index (Phi) is 3.30. The van der Waals surface area contributed by atoms with E-state index < -0.39 is 10.0 Å². The fourth-order valence-corrected chi connectivity index (χ4v) is 4.03. The van der Waals surface area contributed by atoms with E-state index in [1.165, 1.54) is 10.6 Å². The Morgan fingerprint density at radius 3 is 2.92 bits per heavy atom. The maximum atomic E-state index is 11.4. The molecular weight excluding hydrogens is 326 g/mol. The zero-order valence-corrected chi connectivity index (χ0v) is 13.8. The lowest BCUT2D eigenvalue weighted by molar-refractivity contribution is 0.199. The zero-order valence-electron chi connectivity index (χ0n) is 13.0. The van der Waals surface area contributed by atoms with Gasteiger partial charge < -0.3 is 4.98 Å². The normalized spacial score (nSPS) is 16.3. The van der Waals surface area contributed by atoms with Gasteiger partial charge in [-0.05, 0) is 24.1 Å². The number of aromatic amines is 1. The average molecular weight is 341 g/mol. The van der Waals surface area contributed by atoms with Crippen molar-refractivity contribution < 1.29 is 8.42 Å². The molecule has 0 atom stereocenters. The Morgan fingerprint density at radius 1 is 1.42 bits per heavy atom. The molecule has 1 fully saturated rings. The molecule has 0 saturated carbocycles. The second-order valence-corrected chi connectivity index (χ2v) is 8.18. The third-order valence-corrected chi connectivity index (χ3v) is 5.61. The maximum Gasteiger partial charge on any atom is 0.211 e. The number of sulfonamides is 1. The predicted molar refractivity (Wildman–Crippen MR) is 89.7 cm³/mol. The third-order valence-electron chi connectivity index (χ3n) is 4.37. The fraction of sp³-hybridized carbons (Fsp3) is 0.312. The molecule has 24 heavy (non-hydrogen) atoms. The highest BCUT2D eigenvalue weighted by Crippen LogP contribution is 2.26. The minimum absolute atomic E-state index is 0.272. The van der Waals surface area contributed by atoms with Crippen molar-refractivity contribution in [2.45, 2.75) is 6.42 Å². The molecule has 0 radical (unpaired) electrons. The highest BCUT2D eigenvalue weighted by molar-refractivity contribution is 7.88. The van der Waals surface area contributed by atoms with Gasteiger partial charge >= 0.3 is 0 Å². The molecule has 7 nitrogen and oxygen atoms in total. The van der Waals surface area contributed by atoms with Crippen molar-refractivity contribution in [1.82, 2.24) is 19.3 Å². The smallest absolute Gasteiger partial charge is 0.211 e. The molecule has 8 heteroatoms. The molecule has 0 spiro atoms. The van der Waals surface area contributed by atoms with Crippen LogP contribution < -0.4 is 0 Å². The molecule has 4 rings (SSSR count). The van der Waals surface area contributed by atoms with E-state index >= 15 is 0 Å². The number of fused-ring (bicyclic) bond motifs is 3. The largest absolute Gasteiger partial charge is 0.341 e. The number of pyridine rings is 1. The van der Waals surface area contributed by atoms with Gasteiger partial charge in [-0.3, -0.25) is 4.98 Å². The van der Waals surface area contributed by atoms with Crippen LogP contribution in [-0.4, -0.2) is 47.0 Å². The van der Waals surface area contributed by atoms with Gasteiger partial charge in [0.15, 0.2) is 0 Å². The number of H-pyrrole nitrogens is 1. The van der Waals surface area contributed by atoms with Crippen molar-refractivity contribution in [1.29, 1.82) is 5.26 Å². The zero-order chi connectivity index (χ0) is 16.9. The van der Waals surface area contributed by atoms with Gasteiger partial charge in [-0.15, -0.1) is 0 Å². The van der Waals surface area contributed by atoms with Gasteiger partial charge in [0.25, 0.3) is 0 Å². The van der Waals surface area contributed by atoms with Crippen LogP contribution in [0.5, 0.6) is 0 Å². The van der Waals surface area contributed by atoms with Gasteiger partial charge in [0.2, 0.25) is 10.0 Å². The molecule has 2 aromatic heterocycles. The molecule has 3 aromatic rings. The average Bonchev–Trinajstić information content (AvgIpc) is 2.91. The maximum absolute atomic E-state index is 11.4. The first-order valence-electron chi connectivity index (χ1n) is 7.56. The van der Waals surface area contributed by atoms with Crippen molar-refractivity contribution in [3.05, 3.63) is 35.8 Å². The summed E-state index contributed by atoms with van der Waals surface area (Å²) < 4.78 is 24.3. The molecule has 1 aliphatic heterocycles. The first-order valence-corrected chi connectivity index (χ1v) is 9.41. The summed E-state index contributed by atoms with van der Waals surface area (Å²) in [5.74, 6) is 1.09. The molecule has 1 aromatic carbocycles. The molecule has 1 aliphatic rings. The molecule has 0 amide bonds. The van der Waals surface area contributed by atoms with Crippen LogP contribution in [0, 0.1) is 17.2 Å². The van der Waals surface area contributed by atoms with E-state index in [1.807, 2.05) is 6.07 Å². The lowest BCUT2D eigenvalue weighted by Gasteiger charge is -2.36. The van der Waals surface area contributed by atoms with Gasteiger partial charge in [-0.25, -0.2) is 17.7 Å². The number of hydrogen-bond donors (Lipinski definition) is 1.